The smallest absolute Gasteiger partial charge is 0.326 e. The molecule has 0 saturated heterocycles. The molecule has 0 fully saturated rings. The van der Waals surface area contributed by atoms with Crippen molar-refractivity contribution in [1.82, 2.24) is 10.6 Å². The van der Waals surface area contributed by atoms with Crippen molar-refractivity contribution in [3.05, 3.63) is 0 Å². The quantitative estimate of drug-likeness (QED) is 0.449. The van der Waals surface area contributed by atoms with Gasteiger partial charge in [-0.3, -0.25) is 4.79 Å². The first kappa shape index (κ1) is 16.8. The largest absolute Gasteiger partial charge is 0.480 e. The minimum atomic E-state index is -1.22. The van der Waals surface area contributed by atoms with E-state index in [1.807, 2.05) is 0 Å². The second kappa shape index (κ2) is 8.80. The van der Waals surface area contributed by atoms with E-state index in [4.69, 9.17) is 11.5 Å². The Morgan fingerprint density at radius 1 is 1.37 bits per heavy atom. The number of amides is 2. The molecule has 0 spiro atoms. The molecule has 1 unspecified atom stereocenters. The maximum atomic E-state index is 11.5. The highest BCUT2D eigenvalue weighted by molar-refractivity contribution is 5.83. The molecule has 3 N–H and O–H groups in total. The van der Waals surface area contributed by atoms with Crippen molar-refractivity contribution < 1.29 is 24.2 Å². The van der Waals surface area contributed by atoms with E-state index in [1.165, 1.54) is 7.11 Å². The van der Waals surface area contributed by atoms with Crippen LogP contribution < -0.4 is 10.6 Å². The monoisotopic (exact) mass is 270 g/mol. The number of carbonyl (C=O) groups excluding carboxylic acids is 2. The van der Waals surface area contributed by atoms with Crippen LogP contribution in [-0.2, 0) is 14.3 Å². The third-order valence-electron chi connectivity index (χ3n) is 2.27. The van der Waals surface area contributed by atoms with E-state index in [2.05, 4.69) is 21.3 Å². The van der Waals surface area contributed by atoms with Gasteiger partial charge in [-0.25, -0.2) is 9.59 Å². The van der Waals surface area contributed by atoms with Crippen LogP contribution in [0.5, 0.6) is 0 Å². The normalized spacial score (nSPS) is 12.7. The number of carboxylic acid groups (broad SMARTS) is 1. The molecule has 7 nitrogen and oxygen atoms in total. The topological polar surface area (TPSA) is 105 Å². The summed E-state index contributed by atoms with van der Waals surface area (Å²) in [6, 6.07) is -2.06. The average Bonchev–Trinajstić information content (AvgIpc) is 2.33. The number of terminal acetylenes is 1. The first-order valence-corrected chi connectivity index (χ1v) is 5.70. The number of rotatable bonds is 7. The van der Waals surface area contributed by atoms with E-state index in [0.717, 1.165) is 0 Å². The summed E-state index contributed by atoms with van der Waals surface area (Å²) >= 11 is 0. The Labute approximate surface area is 111 Å². The molecule has 0 heterocycles. The highest BCUT2D eigenvalue weighted by atomic mass is 16.5. The van der Waals surface area contributed by atoms with Gasteiger partial charge < -0.3 is 20.5 Å². The molecule has 0 rings (SSSR count). The fraction of sp³-hybridized carbons (Fsp3) is 0.583. The summed E-state index contributed by atoms with van der Waals surface area (Å²) in [7, 11) is 1.21. The molecule has 0 aromatic carbocycles. The van der Waals surface area contributed by atoms with Gasteiger partial charge in [-0.05, 0) is 13.3 Å². The zero-order valence-electron chi connectivity index (χ0n) is 10.9. The van der Waals surface area contributed by atoms with Crippen LogP contribution in [0.3, 0.4) is 0 Å². The van der Waals surface area contributed by atoms with Gasteiger partial charge in [0.15, 0.2) is 0 Å². The fourth-order valence-electron chi connectivity index (χ4n) is 1.27. The molecule has 2 atom stereocenters. The van der Waals surface area contributed by atoms with Crippen LogP contribution in [0.2, 0.25) is 0 Å². The highest BCUT2D eigenvalue weighted by Crippen LogP contribution is 2.00. The van der Waals surface area contributed by atoms with E-state index in [1.54, 1.807) is 6.92 Å². The Hall–Kier alpha value is -2.23. The number of aliphatic carboxylic acids is 1. The number of hydrogen-bond donors (Lipinski definition) is 3. The maximum absolute atomic E-state index is 11.5. The molecule has 0 aromatic rings. The molecule has 0 aliphatic rings. The van der Waals surface area contributed by atoms with Gasteiger partial charge >= 0.3 is 18.0 Å². The number of carboxylic acids is 1. The summed E-state index contributed by atoms with van der Waals surface area (Å²) in [5, 5.41) is 13.7. The molecule has 106 valence electrons. The lowest BCUT2D eigenvalue weighted by molar-refractivity contribution is -0.142. The number of urea groups is 1. The van der Waals surface area contributed by atoms with E-state index in [-0.39, 0.29) is 18.9 Å². The Kier molecular flexibility index (Phi) is 7.77. The Balaban J connectivity index is 4.27. The molecule has 0 aromatic heterocycles. The molecular formula is C12H18N2O5. The third kappa shape index (κ3) is 7.65. The van der Waals surface area contributed by atoms with Gasteiger partial charge in [0.1, 0.15) is 6.04 Å². The minimum absolute atomic E-state index is 0.0427. The molecule has 2 amide bonds. The van der Waals surface area contributed by atoms with Crippen LogP contribution >= 0.6 is 0 Å². The van der Waals surface area contributed by atoms with Gasteiger partial charge in [0.2, 0.25) is 0 Å². The molecular weight excluding hydrogens is 252 g/mol. The highest BCUT2D eigenvalue weighted by Gasteiger charge is 2.21. The van der Waals surface area contributed by atoms with E-state index in [9.17, 15) is 14.4 Å². The minimum Gasteiger partial charge on any atom is -0.480 e. The number of methoxy groups -OCH3 is 1. The molecule has 0 aliphatic carbocycles. The first-order valence-electron chi connectivity index (χ1n) is 5.70. The van der Waals surface area contributed by atoms with Crippen molar-refractivity contribution in [2.24, 2.45) is 0 Å². The number of nitrogens with one attached hydrogen (secondary N) is 2. The van der Waals surface area contributed by atoms with Crippen LogP contribution in [0.4, 0.5) is 4.79 Å². The lowest BCUT2D eigenvalue weighted by Gasteiger charge is -2.17. The van der Waals surface area contributed by atoms with Gasteiger partial charge in [-0.15, -0.1) is 12.3 Å². The SMILES string of the molecule is C#CCC(C)NC(=O)N[C@H](CCC(=O)OC)C(=O)O. The molecule has 7 heteroatoms. The standard InChI is InChI=1S/C12H18N2O5/c1-4-5-8(2)13-12(18)14-9(11(16)17)6-7-10(15)19-3/h1,8-9H,5-7H2,2-3H3,(H,16,17)(H2,13,14,18)/t8?,9-/m1/s1. The van der Waals surface area contributed by atoms with Gasteiger partial charge in [-0.1, -0.05) is 0 Å². The van der Waals surface area contributed by atoms with E-state index in [0.29, 0.717) is 6.42 Å². The zero-order valence-corrected chi connectivity index (χ0v) is 10.9. The average molecular weight is 270 g/mol. The molecule has 0 bridgehead atoms. The van der Waals surface area contributed by atoms with Gasteiger partial charge in [0, 0.05) is 18.9 Å². The lowest BCUT2D eigenvalue weighted by Crippen LogP contribution is -2.48. The van der Waals surface area contributed by atoms with E-state index >= 15 is 0 Å². The molecule has 0 aliphatic heterocycles. The summed E-state index contributed by atoms with van der Waals surface area (Å²) < 4.78 is 4.40. The van der Waals surface area contributed by atoms with Gasteiger partial charge in [0.25, 0.3) is 0 Å². The number of hydrogen-bond acceptors (Lipinski definition) is 4. The fourth-order valence-corrected chi connectivity index (χ4v) is 1.27. The van der Waals surface area contributed by atoms with E-state index < -0.39 is 24.0 Å². The number of esters is 1. The first-order chi connectivity index (χ1) is 8.90. The zero-order chi connectivity index (χ0) is 14.8. The molecule has 19 heavy (non-hydrogen) atoms. The third-order valence-corrected chi connectivity index (χ3v) is 2.27. The molecule has 0 radical (unpaired) electrons. The Morgan fingerprint density at radius 3 is 2.47 bits per heavy atom. The second-order valence-electron chi connectivity index (χ2n) is 3.93. The van der Waals surface area contributed by atoms with Crippen LogP contribution in [0.1, 0.15) is 26.2 Å². The van der Waals surface area contributed by atoms with Crippen molar-refractivity contribution in [1.29, 1.82) is 0 Å². The van der Waals surface area contributed by atoms with Crippen LogP contribution in [0, 0.1) is 12.3 Å². The summed E-state index contributed by atoms with van der Waals surface area (Å²) in [6.45, 7) is 1.70. The van der Waals surface area contributed by atoms with Crippen molar-refractivity contribution in [2.45, 2.75) is 38.3 Å². The summed E-state index contributed by atoms with van der Waals surface area (Å²) in [5.41, 5.74) is 0. The van der Waals surface area contributed by atoms with Crippen molar-refractivity contribution in [2.75, 3.05) is 7.11 Å². The summed E-state index contributed by atoms with van der Waals surface area (Å²) in [5.74, 6) is 0.625. The predicted octanol–water partition coefficient (Wildman–Crippen LogP) is 0.104. The maximum Gasteiger partial charge on any atom is 0.326 e. The van der Waals surface area contributed by atoms with Crippen LogP contribution in [0.25, 0.3) is 0 Å². The predicted molar refractivity (Wildman–Crippen MR) is 67.3 cm³/mol. The van der Waals surface area contributed by atoms with Crippen molar-refractivity contribution >= 4 is 18.0 Å². The lowest BCUT2D eigenvalue weighted by atomic mass is 10.1. The van der Waals surface area contributed by atoms with Gasteiger partial charge in [0.05, 0.1) is 7.11 Å². The summed E-state index contributed by atoms with van der Waals surface area (Å²) in [4.78, 5) is 33.3. The van der Waals surface area contributed by atoms with Crippen molar-refractivity contribution in [3.63, 3.8) is 0 Å². The van der Waals surface area contributed by atoms with Crippen LogP contribution in [-0.4, -0.2) is 42.3 Å². The van der Waals surface area contributed by atoms with Crippen LogP contribution in [0.15, 0.2) is 0 Å². The Morgan fingerprint density at radius 2 is 2.00 bits per heavy atom. The Bertz CT molecular complexity index is 375. The number of ether oxygens (including phenoxy) is 1. The number of carbonyl (C=O) groups is 3. The molecule has 0 saturated carbocycles. The van der Waals surface area contributed by atoms with Gasteiger partial charge in [-0.2, -0.15) is 0 Å². The second-order valence-corrected chi connectivity index (χ2v) is 3.93. The summed E-state index contributed by atoms with van der Waals surface area (Å²) in [6.07, 6.45) is 5.29. The van der Waals surface area contributed by atoms with Crippen molar-refractivity contribution in [3.8, 4) is 12.3 Å².